The number of amides is 1. The molecular weight excluding hydrogens is 485 g/mol. The van der Waals surface area contributed by atoms with Crippen molar-refractivity contribution in [2.45, 2.75) is 25.6 Å². The number of anilines is 1. The smallest absolute Gasteiger partial charge is 0.282 e. The van der Waals surface area contributed by atoms with E-state index in [1.165, 1.54) is 20.3 Å². The number of halogens is 1. The predicted octanol–water partition coefficient (Wildman–Crippen LogP) is 2.77. The number of hydrogen-bond acceptors (Lipinski definition) is 5. The van der Waals surface area contributed by atoms with E-state index in [1.54, 1.807) is 12.1 Å². The highest BCUT2D eigenvalue weighted by molar-refractivity contribution is 7.86. The molecule has 9 nitrogen and oxygen atoms in total. The number of aromatic nitrogens is 2. The maximum Gasteiger partial charge on any atom is 0.282 e. The molecule has 1 aliphatic carbocycles. The van der Waals surface area contributed by atoms with Crippen LogP contribution in [-0.4, -0.2) is 65.5 Å². The molecule has 1 fully saturated rings. The molecule has 1 aromatic carbocycles. The van der Waals surface area contributed by atoms with Gasteiger partial charge in [0.15, 0.2) is 5.78 Å². The fourth-order valence-corrected chi connectivity index (χ4v) is 5.48. The molecular formula is C25H26FN5O4S. The van der Waals surface area contributed by atoms with Gasteiger partial charge in [-0.15, -0.1) is 0 Å². The second-order valence-corrected chi connectivity index (χ2v) is 11.4. The highest BCUT2D eigenvalue weighted by atomic mass is 32.2. The van der Waals surface area contributed by atoms with Crippen LogP contribution in [0.2, 0.25) is 0 Å². The van der Waals surface area contributed by atoms with Gasteiger partial charge in [0.05, 0.1) is 24.7 Å². The van der Waals surface area contributed by atoms with Gasteiger partial charge in [-0.05, 0) is 29.7 Å². The molecule has 1 aliphatic heterocycles. The largest absolute Gasteiger partial charge is 0.356 e. The van der Waals surface area contributed by atoms with Crippen LogP contribution < -0.4 is 5.32 Å². The van der Waals surface area contributed by atoms with Gasteiger partial charge in [0.1, 0.15) is 12.0 Å². The number of ketones is 1. The van der Waals surface area contributed by atoms with Crippen LogP contribution >= 0.6 is 0 Å². The summed E-state index contributed by atoms with van der Waals surface area (Å²) in [7, 11) is -0.939. The number of carbonyl (C=O) groups is 2. The number of hydrogen-bond donors (Lipinski definition) is 2. The topological polar surface area (TPSA) is 115 Å². The molecule has 2 atom stereocenters. The standard InChI is InChI=1S/C25H26FN5O4S/c1-30(2)36(34,35)31-13-20-23(21(32)14-31)18(10-15-6-4-3-5-7-15)24(28-20)16-8-9-27-22(11-16)29-25(33)17-12-19(17)26/h3-9,11,17,19,28H,10,12-14H2,1-2H3,(H,27,29,33)/t17-,19+/m1/s1. The van der Waals surface area contributed by atoms with E-state index in [0.717, 1.165) is 19.7 Å². The predicted molar refractivity (Wildman–Crippen MR) is 132 cm³/mol. The molecule has 1 amide bonds. The third-order valence-corrected chi connectivity index (χ3v) is 8.31. The third-order valence-electron chi connectivity index (χ3n) is 6.48. The fraction of sp³-hybridized carbons (Fsp3) is 0.320. The summed E-state index contributed by atoms with van der Waals surface area (Å²) < 4.78 is 41.0. The normalized spacial score (nSPS) is 19.8. The highest BCUT2D eigenvalue weighted by Gasteiger charge is 2.43. The molecule has 2 aromatic heterocycles. The van der Waals surface area contributed by atoms with Crippen molar-refractivity contribution in [3.05, 3.63) is 71.0 Å². The Bertz CT molecular complexity index is 1440. The van der Waals surface area contributed by atoms with Gasteiger partial charge in [-0.2, -0.15) is 17.0 Å². The molecule has 5 rings (SSSR count). The van der Waals surface area contributed by atoms with Crippen LogP contribution in [0.15, 0.2) is 48.7 Å². The van der Waals surface area contributed by atoms with Gasteiger partial charge in [0, 0.05) is 43.5 Å². The number of pyridine rings is 1. The van der Waals surface area contributed by atoms with E-state index in [4.69, 9.17) is 0 Å². The van der Waals surface area contributed by atoms with Crippen molar-refractivity contribution in [2.24, 2.45) is 5.92 Å². The van der Waals surface area contributed by atoms with Crippen molar-refractivity contribution >= 4 is 27.7 Å². The summed E-state index contributed by atoms with van der Waals surface area (Å²) in [6, 6.07) is 13.1. The van der Waals surface area contributed by atoms with Gasteiger partial charge in [0.2, 0.25) is 5.91 Å². The molecule has 0 spiro atoms. The Kier molecular flexibility index (Phi) is 6.23. The number of benzene rings is 1. The molecule has 0 bridgehead atoms. The first kappa shape index (κ1) is 24.3. The van der Waals surface area contributed by atoms with Crippen LogP contribution in [-0.2, 0) is 28.0 Å². The zero-order valence-electron chi connectivity index (χ0n) is 19.9. The summed E-state index contributed by atoms with van der Waals surface area (Å²) in [5.41, 5.74) is 4.05. The zero-order valence-corrected chi connectivity index (χ0v) is 20.7. The van der Waals surface area contributed by atoms with Crippen LogP contribution in [0.4, 0.5) is 10.2 Å². The quantitative estimate of drug-likeness (QED) is 0.506. The fourth-order valence-electron chi connectivity index (χ4n) is 4.45. The lowest BCUT2D eigenvalue weighted by Gasteiger charge is -2.28. The van der Waals surface area contributed by atoms with Crippen LogP contribution in [0.3, 0.4) is 0 Å². The number of nitrogens with zero attached hydrogens (tertiary/aromatic N) is 3. The van der Waals surface area contributed by atoms with Crippen LogP contribution in [0, 0.1) is 5.92 Å². The summed E-state index contributed by atoms with van der Waals surface area (Å²) in [5.74, 6) is -1.08. The average Bonchev–Trinajstić information content (AvgIpc) is 3.47. The third kappa shape index (κ3) is 4.57. The average molecular weight is 512 g/mol. The molecule has 3 heterocycles. The molecule has 3 aromatic rings. The molecule has 2 N–H and O–H groups in total. The first-order chi connectivity index (χ1) is 17.1. The summed E-state index contributed by atoms with van der Waals surface area (Å²) in [6.07, 6.45) is 1.07. The minimum absolute atomic E-state index is 0.0254. The Hall–Kier alpha value is -3.41. The van der Waals surface area contributed by atoms with E-state index >= 15 is 0 Å². The minimum Gasteiger partial charge on any atom is -0.356 e. The SMILES string of the molecule is CN(C)S(=O)(=O)N1CC(=O)c2c([nH]c(-c3ccnc(NC(=O)[C@@H]4C[C@@H]4F)c3)c2Cc2ccccc2)C1. The Balaban J connectivity index is 1.56. The molecule has 0 unspecified atom stereocenters. The summed E-state index contributed by atoms with van der Waals surface area (Å²) >= 11 is 0. The van der Waals surface area contributed by atoms with Crippen molar-refractivity contribution in [1.82, 2.24) is 18.6 Å². The number of Topliss-reactive ketones (excluding diaryl/α,β-unsaturated/α-hetero) is 1. The monoisotopic (exact) mass is 511 g/mol. The molecule has 188 valence electrons. The number of alkyl halides is 1. The Morgan fingerprint density at radius 2 is 1.94 bits per heavy atom. The molecule has 0 saturated heterocycles. The van der Waals surface area contributed by atoms with Crippen LogP contribution in [0.5, 0.6) is 0 Å². The number of rotatable bonds is 7. The summed E-state index contributed by atoms with van der Waals surface area (Å²) in [6.45, 7) is -0.229. The molecule has 11 heteroatoms. The van der Waals surface area contributed by atoms with Crippen molar-refractivity contribution in [1.29, 1.82) is 0 Å². The van der Waals surface area contributed by atoms with Gasteiger partial charge >= 0.3 is 0 Å². The molecule has 0 radical (unpaired) electrons. The van der Waals surface area contributed by atoms with Crippen LogP contribution in [0.1, 0.15) is 33.6 Å². The first-order valence-corrected chi connectivity index (χ1v) is 12.9. The molecule has 36 heavy (non-hydrogen) atoms. The van der Waals surface area contributed by atoms with Crippen molar-refractivity contribution in [3.8, 4) is 11.3 Å². The van der Waals surface area contributed by atoms with Gasteiger partial charge < -0.3 is 10.3 Å². The van der Waals surface area contributed by atoms with E-state index in [-0.39, 0.29) is 31.1 Å². The van der Waals surface area contributed by atoms with Gasteiger partial charge in [-0.1, -0.05) is 30.3 Å². The van der Waals surface area contributed by atoms with Crippen LogP contribution in [0.25, 0.3) is 11.3 Å². The van der Waals surface area contributed by atoms with E-state index < -0.39 is 28.2 Å². The summed E-state index contributed by atoms with van der Waals surface area (Å²) in [5, 5.41) is 2.66. The number of aromatic amines is 1. The van der Waals surface area contributed by atoms with E-state index in [2.05, 4.69) is 15.3 Å². The Morgan fingerprint density at radius 3 is 2.61 bits per heavy atom. The van der Waals surface area contributed by atoms with Gasteiger partial charge in [-0.3, -0.25) is 9.59 Å². The summed E-state index contributed by atoms with van der Waals surface area (Å²) in [4.78, 5) is 33.0. The number of carbonyl (C=O) groups excluding carboxylic acids is 2. The maximum absolute atomic E-state index is 13.3. The van der Waals surface area contributed by atoms with Gasteiger partial charge in [-0.25, -0.2) is 9.37 Å². The number of nitrogens with one attached hydrogen (secondary N) is 2. The van der Waals surface area contributed by atoms with Crippen molar-refractivity contribution in [2.75, 3.05) is 26.0 Å². The second-order valence-electron chi connectivity index (χ2n) is 9.25. The number of H-pyrrole nitrogens is 1. The van der Waals surface area contributed by atoms with E-state index in [9.17, 15) is 22.4 Å². The van der Waals surface area contributed by atoms with Crippen molar-refractivity contribution in [3.63, 3.8) is 0 Å². The maximum atomic E-state index is 13.3. The van der Waals surface area contributed by atoms with Crippen molar-refractivity contribution < 1.29 is 22.4 Å². The Labute approximate surface area is 208 Å². The highest BCUT2D eigenvalue weighted by Crippen LogP contribution is 2.36. The van der Waals surface area contributed by atoms with E-state index in [0.29, 0.717) is 28.9 Å². The lowest BCUT2D eigenvalue weighted by atomic mass is 9.94. The molecule has 1 saturated carbocycles. The lowest BCUT2D eigenvalue weighted by Crippen LogP contribution is -2.45. The molecule has 2 aliphatic rings. The van der Waals surface area contributed by atoms with Gasteiger partial charge in [0.25, 0.3) is 10.2 Å². The van der Waals surface area contributed by atoms with E-state index in [1.807, 2.05) is 30.3 Å². The first-order valence-electron chi connectivity index (χ1n) is 11.5. The lowest BCUT2D eigenvalue weighted by molar-refractivity contribution is -0.117. The minimum atomic E-state index is -3.79. The number of fused-ring (bicyclic) bond motifs is 1. The zero-order chi connectivity index (χ0) is 25.6. The Morgan fingerprint density at radius 1 is 1.22 bits per heavy atom. The second kappa shape index (κ2) is 9.23.